The average molecular weight is 215 g/mol. The zero-order chi connectivity index (χ0) is 9.42. The molecule has 0 unspecified atom stereocenters. The molecule has 0 bridgehead atoms. The van der Waals surface area contributed by atoms with E-state index in [1.165, 1.54) is 0 Å². The van der Waals surface area contributed by atoms with Gasteiger partial charge in [0, 0.05) is 18.1 Å². The van der Waals surface area contributed by atoms with Crippen molar-refractivity contribution in [3.8, 4) is 0 Å². The van der Waals surface area contributed by atoms with Crippen LogP contribution in [-0.4, -0.2) is 9.55 Å². The lowest BCUT2D eigenvalue weighted by atomic mass is 10.3. The molecule has 0 fully saturated rings. The van der Waals surface area contributed by atoms with E-state index >= 15 is 0 Å². The van der Waals surface area contributed by atoms with Crippen molar-refractivity contribution in [2.75, 3.05) is 0 Å². The molecule has 0 radical (unpaired) electrons. The summed E-state index contributed by atoms with van der Waals surface area (Å²) in [6.45, 7) is 2.97. The third-order valence-electron chi connectivity index (χ3n) is 2.03. The van der Waals surface area contributed by atoms with Crippen LogP contribution in [0.25, 0.3) is 10.9 Å². The van der Waals surface area contributed by atoms with E-state index in [0.29, 0.717) is 10.3 Å². The predicted molar refractivity (Wildman–Crippen MR) is 55.4 cm³/mol. The summed E-state index contributed by atoms with van der Waals surface area (Å²) in [5.41, 5.74) is 1.03. The predicted octanol–water partition coefficient (Wildman–Crippen LogP) is 3.36. The molecule has 0 saturated heterocycles. The Morgan fingerprint density at radius 3 is 2.92 bits per heavy atom. The maximum Gasteiger partial charge on any atom is 0.140 e. The van der Waals surface area contributed by atoms with E-state index in [4.69, 9.17) is 23.2 Å². The zero-order valence-corrected chi connectivity index (χ0v) is 8.60. The molecule has 0 aliphatic carbocycles. The monoisotopic (exact) mass is 214 g/mol. The first kappa shape index (κ1) is 8.85. The van der Waals surface area contributed by atoms with Crippen molar-refractivity contribution in [3.63, 3.8) is 0 Å². The summed E-state index contributed by atoms with van der Waals surface area (Å²) in [4.78, 5) is 3.97. The lowest BCUT2D eigenvalue weighted by molar-refractivity contribution is 0.797. The van der Waals surface area contributed by atoms with Crippen LogP contribution in [0, 0.1) is 0 Å². The van der Waals surface area contributed by atoms with Gasteiger partial charge in [0.15, 0.2) is 0 Å². The first-order valence-corrected chi connectivity index (χ1v) is 4.79. The number of aryl methyl sites for hydroxylation is 1. The molecule has 2 aromatic heterocycles. The summed E-state index contributed by atoms with van der Waals surface area (Å²) in [5, 5.41) is 1.86. The molecular weight excluding hydrogens is 207 g/mol. The van der Waals surface area contributed by atoms with Crippen LogP contribution in [0.5, 0.6) is 0 Å². The van der Waals surface area contributed by atoms with Crippen molar-refractivity contribution < 1.29 is 0 Å². The Balaban J connectivity index is 2.82. The van der Waals surface area contributed by atoms with Gasteiger partial charge in [0.25, 0.3) is 0 Å². The number of rotatable bonds is 1. The molecule has 0 aromatic carbocycles. The third-order valence-corrected chi connectivity index (χ3v) is 2.51. The smallest absolute Gasteiger partial charge is 0.140 e. The first-order valence-electron chi connectivity index (χ1n) is 4.03. The Morgan fingerprint density at radius 1 is 1.46 bits per heavy atom. The quantitative estimate of drug-likeness (QED) is 0.667. The highest BCUT2D eigenvalue weighted by Crippen LogP contribution is 2.25. The summed E-state index contributed by atoms with van der Waals surface area (Å²) in [6, 6.07) is 3.77. The minimum absolute atomic E-state index is 0.436. The molecule has 0 spiro atoms. The van der Waals surface area contributed by atoms with Gasteiger partial charge in [-0.3, -0.25) is 0 Å². The van der Waals surface area contributed by atoms with Crippen molar-refractivity contribution in [1.29, 1.82) is 0 Å². The van der Waals surface area contributed by atoms with Gasteiger partial charge < -0.3 is 4.57 Å². The van der Waals surface area contributed by atoms with Crippen LogP contribution in [0.4, 0.5) is 0 Å². The molecule has 0 atom stereocenters. The van der Waals surface area contributed by atoms with E-state index in [-0.39, 0.29) is 0 Å². The van der Waals surface area contributed by atoms with E-state index in [0.717, 1.165) is 17.4 Å². The summed E-state index contributed by atoms with van der Waals surface area (Å²) in [6.07, 6.45) is 1.98. The number of fused-ring (bicyclic) bond motifs is 1. The SMILES string of the molecule is CCn1ccc2c(Cl)nc(Cl)cc21. The van der Waals surface area contributed by atoms with Crippen molar-refractivity contribution in [3.05, 3.63) is 28.6 Å². The molecule has 4 heteroatoms. The molecule has 0 aliphatic rings. The van der Waals surface area contributed by atoms with Crippen LogP contribution in [0.3, 0.4) is 0 Å². The van der Waals surface area contributed by atoms with Crippen molar-refractivity contribution in [1.82, 2.24) is 9.55 Å². The van der Waals surface area contributed by atoms with Gasteiger partial charge in [0.1, 0.15) is 10.3 Å². The Kier molecular flexibility index (Phi) is 2.18. The number of hydrogen-bond donors (Lipinski definition) is 0. The Bertz CT molecular complexity index is 448. The van der Waals surface area contributed by atoms with Gasteiger partial charge in [0.05, 0.1) is 5.52 Å². The average Bonchev–Trinajstić information content (AvgIpc) is 2.47. The second kappa shape index (κ2) is 3.20. The fourth-order valence-corrected chi connectivity index (χ4v) is 1.88. The summed E-state index contributed by atoms with van der Waals surface area (Å²) >= 11 is 11.7. The Morgan fingerprint density at radius 2 is 2.23 bits per heavy atom. The van der Waals surface area contributed by atoms with Crippen LogP contribution >= 0.6 is 23.2 Å². The molecule has 2 heterocycles. The number of aromatic nitrogens is 2. The fourth-order valence-electron chi connectivity index (χ4n) is 1.39. The third kappa shape index (κ3) is 1.40. The van der Waals surface area contributed by atoms with E-state index in [9.17, 15) is 0 Å². The van der Waals surface area contributed by atoms with Crippen molar-refractivity contribution in [2.24, 2.45) is 0 Å². The maximum atomic E-state index is 5.92. The second-order valence-electron chi connectivity index (χ2n) is 2.77. The largest absolute Gasteiger partial charge is 0.348 e. The first-order chi connectivity index (χ1) is 6.22. The second-order valence-corrected chi connectivity index (χ2v) is 3.52. The molecule has 0 saturated carbocycles. The summed E-state index contributed by atoms with van der Waals surface area (Å²) in [5.74, 6) is 0. The van der Waals surface area contributed by atoms with Gasteiger partial charge in [-0.25, -0.2) is 4.98 Å². The van der Waals surface area contributed by atoms with Crippen molar-refractivity contribution >= 4 is 34.1 Å². The molecule has 0 N–H and O–H groups in total. The van der Waals surface area contributed by atoms with Crippen LogP contribution in [0.2, 0.25) is 10.3 Å². The number of pyridine rings is 1. The Labute approximate surface area is 86.1 Å². The molecule has 68 valence electrons. The molecule has 13 heavy (non-hydrogen) atoms. The van der Waals surface area contributed by atoms with Gasteiger partial charge in [-0.05, 0) is 19.1 Å². The molecule has 2 rings (SSSR count). The number of halogens is 2. The van der Waals surface area contributed by atoms with Crippen LogP contribution < -0.4 is 0 Å². The zero-order valence-electron chi connectivity index (χ0n) is 7.09. The standard InChI is InChI=1S/C9H8Cl2N2/c1-2-13-4-3-6-7(13)5-8(10)12-9(6)11/h3-5H,2H2,1H3. The summed E-state index contributed by atoms with van der Waals surface area (Å²) in [7, 11) is 0. The van der Waals surface area contributed by atoms with Gasteiger partial charge >= 0.3 is 0 Å². The molecular formula is C9H8Cl2N2. The number of nitrogens with zero attached hydrogens (tertiary/aromatic N) is 2. The Hall–Kier alpha value is -0.730. The maximum absolute atomic E-state index is 5.92. The molecule has 0 amide bonds. The van der Waals surface area contributed by atoms with E-state index < -0.39 is 0 Å². The highest BCUT2D eigenvalue weighted by molar-refractivity contribution is 6.36. The van der Waals surface area contributed by atoms with Crippen LogP contribution in [0.15, 0.2) is 18.3 Å². The van der Waals surface area contributed by atoms with E-state index in [2.05, 4.69) is 16.5 Å². The lowest BCUT2D eigenvalue weighted by Gasteiger charge is -2.01. The normalized spacial score (nSPS) is 11.0. The van der Waals surface area contributed by atoms with Gasteiger partial charge in [-0.2, -0.15) is 0 Å². The molecule has 2 nitrogen and oxygen atoms in total. The molecule has 0 aliphatic heterocycles. The van der Waals surface area contributed by atoms with E-state index in [1.54, 1.807) is 0 Å². The number of hydrogen-bond acceptors (Lipinski definition) is 1. The fraction of sp³-hybridized carbons (Fsp3) is 0.222. The highest BCUT2D eigenvalue weighted by atomic mass is 35.5. The van der Waals surface area contributed by atoms with Gasteiger partial charge in [-0.15, -0.1) is 0 Å². The van der Waals surface area contributed by atoms with E-state index in [1.807, 2.05) is 18.3 Å². The van der Waals surface area contributed by atoms with Gasteiger partial charge in [0.2, 0.25) is 0 Å². The van der Waals surface area contributed by atoms with Crippen LogP contribution in [0.1, 0.15) is 6.92 Å². The topological polar surface area (TPSA) is 17.8 Å². The van der Waals surface area contributed by atoms with Gasteiger partial charge in [-0.1, -0.05) is 23.2 Å². The molecule has 2 aromatic rings. The minimum atomic E-state index is 0.436. The summed E-state index contributed by atoms with van der Waals surface area (Å²) < 4.78 is 2.08. The minimum Gasteiger partial charge on any atom is -0.348 e. The van der Waals surface area contributed by atoms with Crippen molar-refractivity contribution in [2.45, 2.75) is 13.5 Å². The highest BCUT2D eigenvalue weighted by Gasteiger charge is 2.05. The lowest BCUT2D eigenvalue weighted by Crippen LogP contribution is -1.91. The van der Waals surface area contributed by atoms with Crippen LogP contribution in [-0.2, 0) is 6.54 Å².